The quantitative estimate of drug-likeness (QED) is 0.587. The summed E-state index contributed by atoms with van der Waals surface area (Å²) in [6, 6.07) is 0. The van der Waals surface area contributed by atoms with Gasteiger partial charge in [0, 0.05) is 5.41 Å². The Kier molecular flexibility index (Phi) is 2.20. The van der Waals surface area contributed by atoms with Gasteiger partial charge in [0.05, 0.1) is 0 Å². The molecule has 0 atom stereocenters. The van der Waals surface area contributed by atoms with E-state index in [4.69, 9.17) is 0 Å². The van der Waals surface area contributed by atoms with Gasteiger partial charge in [-0.3, -0.25) is 0 Å². The van der Waals surface area contributed by atoms with Crippen LogP contribution in [0.5, 0.6) is 0 Å². The summed E-state index contributed by atoms with van der Waals surface area (Å²) in [6.07, 6.45) is 11.5. The molecule has 0 amide bonds. The average molecular weight is 166 g/mol. The van der Waals surface area contributed by atoms with Crippen LogP contribution in [0.4, 0.5) is 0 Å². The van der Waals surface area contributed by atoms with Gasteiger partial charge in [-0.15, -0.1) is 0 Å². The Morgan fingerprint density at radius 2 is 1.92 bits per heavy atom. The van der Waals surface area contributed by atoms with E-state index < -0.39 is 0 Å². The molecule has 0 bridgehead atoms. The Hall–Kier alpha value is -0.330. The van der Waals surface area contributed by atoms with Crippen LogP contribution in [0.25, 0.3) is 0 Å². The normalized spacial score (nSPS) is 27.3. The van der Waals surface area contributed by atoms with Crippen molar-refractivity contribution < 1.29 is 4.79 Å². The molecule has 0 heterocycles. The van der Waals surface area contributed by atoms with Crippen LogP contribution >= 0.6 is 0 Å². The molecule has 0 aliphatic heterocycles. The zero-order valence-electron chi connectivity index (χ0n) is 7.72. The molecule has 0 spiro atoms. The van der Waals surface area contributed by atoms with E-state index in [1.54, 1.807) is 0 Å². The van der Waals surface area contributed by atoms with Gasteiger partial charge in [-0.05, 0) is 31.6 Å². The van der Waals surface area contributed by atoms with E-state index in [1.807, 2.05) is 0 Å². The number of carbonyl (C=O) groups is 1. The van der Waals surface area contributed by atoms with Crippen LogP contribution in [0.3, 0.4) is 0 Å². The summed E-state index contributed by atoms with van der Waals surface area (Å²) in [5.74, 6) is 0.988. The van der Waals surface area contributed by atoms with E-state index in [2.05, 4.69) is 0 Å². The van der Waals surface area contributed by atoms with Crippen LogP contribution in [0.2, 0.25) is 0 Å². The third-order valence-corrected chi connectivity index (χ3v) is 3.60. The molecule has 2 aliphatic rings. The molecule has 2 fully saturated rings. The molecule has 2 aliphatic carbocycles. The van der Waals surface area contributed by atoms with Gasteiger partial charge in [-0.25, -0.2) is 0 Å². The summed E-state index contributed by atoms with van der Waals surface area (Å²) in [4.78, 5) is 11.0. The molecule has 0 unspecified atom stereocenters. The monoisotopic (exact) mass is 166 g/mol. The molecule has 12 heavy (non-hydrogen) atoms. The van der Waals surface area contributed by atoms with Crippen LogP contribution in [0.15, 0.2) is 0 Å². The Morgan fingerprint density at radius 1 is 1.25 bits per heavy atom. The average Bonchev–Trinajstić information content (AvgIpc) is 2.82. The van der Waals surface area contributed by atoms with Crippen LogP contribution < -0.4 is 0 Å². The molecule has 2 rings (SSSR count). The van der Waals surface area contributed by atoms with Crippen molar-refractivity contribution in [1.82, 2.24) is 0 Å². The molecule has 1 heteroatoms. The number of rotatable bonds is 4. The van der Waals surface area contributed by atoms with Gasteiger partial charge in [0.25, 0.3) is 0 Å². The fraction of sp³-hybridized carbons (Fsp3) is 0.909. The van der Waals surface area contributed by atoms with Gasteiger partial charge in [0.1, 0.15) is 6.29 Å². The van der Waals surface area contributed by atoms with Crippen LogP contribution in [-0.2, 0) is 4.79 Å². The van der Waals surface area contributed by atoms with Crippen molar-refractivity contribution in [2.24, 2.45) is 11.3 Å². The predicted molar refractivity (Wildman–Crippen MR) is 48.9 cm³/mol. The lowest BCUT2D eigenvalue weighted by atomic mass is 9.82. The van der Waals surface area contributed by atoms with E-state index in [0.717, 1.165) is 5.92 Å². The fourth-order valence-corrected chi connectivity index (χ4v) is 2.40. The van der Waals surface area contributed by atoms with E-state index in [-0.39, 0.29) is 5.41 Å². The van der Waals surface area contributed by atoms with Gasteiger partial charge in [0.15, 0.2) is 0 Å². The van der Waals surface area contributed by atoms with Crippen LogP contribution in [0, 0.1) is 11.3 Å². The molecule has 0 aromatic carbocycles. The highest BCUT2D eigenvalue weighted by atomic mass is 16.1. The predicted octanol–water partition coefficient (Wildman–Crippen LogP) is 2.94. The molecule has 0 radical (unpaired) electrons. The minimum atomic E-state index is 0.128. The Bertz CT molecular complexity index is 164. The molecule has 68 valence electrons. The van der Waals surface area contributed by atoms with Gasteiger partial charge < -0.3 is 4.79 Å². The van der Waals surface area contributed by atoms with Gasteiger partial charge in [-0.1, -0.05) is 25.7 Å². The summed E-state index contributed by atoms with van der Waals surface area (Å²) in [7, 11) is 0. The van der Waals surface area contributed by atoms with Crippen molar-refractivity contribution in [1.29, 1.82) is 0 Å². The highest BCUT2D eigenvalue weighted by Crippen LogP contribution is 2.44. The third-order valence-electron chi connectivity index (χ3n) is 3.60. The summed E-state index contributed by atoms with van der Waals surface area (Å²) >= 11 is 0. The smallest absolute Gasteiger partial charge is 0.126 e. The van der Waals surface area contributed by atoms with E-state index in [1.165, 1.54) is 57.7 Å². The molecule has 0 aromatic rings. The third kappa shape index (κ3) is 1.70. The molecular formula is C11H18O. The summed E-state index contributed by atoms with van der Waals surface area (Å²) in [5.41, 5.74) is 0.128. The van der Waals surface area contributed by atoms with Gasteiger partial charge >= 0.3 is 0 Å². The molecule has 0 saturated heterocycles. The molecular weight excluding hydrogens is 148 g/mol. The van der Waals surface area contributed by atoms with Gasteiger partial charge in [-0.2, -0.15) is 0 Å². The highest BCUT2D eigenvalue weighted by molar-refractivity contribution is 5.59. The zero-order valence-corrected chi connectivity index (χ0v) is 7.72. The SMILES string of the molecule is O=CC1(CCC2CC2)CCCC1. The topological polar surface area (TPSA) is 17.1 Å². The number of carbonyl (C=O) groups excluding carboxylic acids is 1. The van der Waals surface area contributed by atoms with E-state index in [0.29, 0.717) is 0 Å². The van der Waals surface area contributed by atoms with Crippen LogP contribution in [-0.4, -0.2) is 6.29 Å². The second-order valence-electron chi connectivity index (χ2n) is 4.67. The Labute approximate surface area is 74.5 Å². The minimum absolute atomic E-state index is 0.128. The summed E-state index contributed by atoms with van der Waals surface area (Å²) < 4.78 is 0. The molecule has 0 N–H and O–H groups in total. The first-order valence-corrected chi connectivity index (χ1v) is 5.31. The first-order valence-electron chi connectivity index (χ1n) is 5.31. The van der Waals surface area contributed by atoms with E-state index in [9.17, 15) is 4.79 Å². The lowest BCUT2D eigenvalue weighted by Gasteiger charge is -2.20. The van der Waals surface area contributed by atoms with Crippen molar-refractivity contribution in [2.45, 2.75) is 51.4 Å². The number of hydrogen-bond acceptors (Lipinski definition) is 1. The fourth-order valence-electron chi connectivity index (χ4n) is 2.40. The second-order valence-corrected chi connectivity index (χ2v) is 4.67. The Balaban J connectivity index is 1.83. The first kappa shape index (κ1) is 8.28. The maximum Gasteiger partial charge on any atom is 0.126 e. The van der Waals surface area contributed by atoms with Crippen molar-refractivity contribution in [3.05, 3.63) is 0 Å². The first-order chi connectivity index (χ1) is 5.85. The van der Waals surface area contributed by atoms with Gasteiger partial charge in [0.2, 0.25) is 0 Å². The summed E-state index contributed by atoms with van der Waals surface area (Å²) in [5, 5.41) is 0. The lowest BCUT2D eigenvalue weighted by molar-refractivity contribution is -0.116. The largest absolute Gasteiger partial charge is 0.303 e. The summed E-state index contributed by atoms with van der Waals surface area (Å²) in [6.45, 7) is 0. The van der Waals surface area contributed by atoms with Crippen LogP contribution in [0.1, 0.15) is 51.4 Å². The van der Waals surface area contributed by atoms with Crippen molar-refractivity contribution in [2.75, 3.05) is 0 Å². The number of hydrogen-bond donors (Lipinski definition) is 0. The zero-order chi connectivity index (χ0) is 8.44. The van der Waals surface area contributed by atoms with Crippen molar-refractivity contribution in [3.63, 3.8) is 0 Å². The second kappa shape index (κ2) is 3.20. The molecule has 2 saturated carbocycles. The molecule has 0 aromatic heterocycles. The molecule has 1 nitrogen and oxygen atoms in total. The van der Waals surface area contributed by atoms with E-state index >= 15 is 0 Å². The lowest BCUT2D eigenvalue weighted by Crippen LogP contribution is -2.17. The highest BCUT2D eigenvalue weighted by Gasteiger charge is 2.35. The van der Waals surface area contributed by atoms with Crippen molar-refractivity contribution >= 4 is 6.29 Å². The maximum atomic E-state index is 11.0. The standard InChI is InChI=1S/C11H18O/c12-9-11(6-1-2-7-11)8-5-10-3-4-10/h9-10H,1-8H2. The number of aldehydes is 1. The minimum Gasteiger partial charge on any atom is -0.303 e. The maximum absolute atomic E-state index is 11.0. The van der Waals surface area contributed by atoms with Crippen molar-refractivity contribution in [3.8, 4) is 0 Å². The Morgan fingerprint density at radius 3 is 2.42 bits per heavy atom.